The summed E-state index contributed by atoms with van der Waals surface area (Å²) in [4.78, 5) is 4.17. The van der Waals surface area contributed by atoms with E-state index >= 15 is 0 Å². The quantitative estimate of drug-likeness (QED) is 0.696. The second-order valence-electron chi connectivity index (χ2n) is 2.60. The summed E-state index contributed by atoms with van der Waals surface area (Å²) < 4.78 is 5.44. The van der Waals surface area contributed by atoms with Gasteiger partial charge in [0.05, 0.1) is 6.20 Å². The van der Waals surface area contributed by atoms with Crippen molar-refractivity contribution >= 4 is 16.3 Å². The van der Waals surface area contributed by atoms with Gasteiger partial charge in [-0.25, -0.2) is 4.98 Å². The normalized spacial score (nSPS) is 24.2. The molecule has 1 fully saturated rings. The molecule has 1 aromatic heterocycles. The molecule has 4 heteroatoms. The fourth-order valence-electron chi connectivity index (χ4n) is 1.22. The number of hydrogen-bond donors (Lipinski definition) is 1. The zero-order valence-corrected chi connectivity index (χ0v) is 6.93. The van der Waals surface area contributed by atoms with Crippen molar-refractivity contribution in [2.24, 2.45) is 0 Å². The number of ether oxygens (including phenoxy) is 1. The monoisotopic (exact) mass is 170 g/mol. The van der Waals surface area contributed by atoms with Gasteiger partial charge >= 0.3 is 0 Å². The lowest BCUT2D eigenvalue weighted by Crippen LogP contribution is -1.93. The Bertz CT molecular complexity index is 242. The van der Waals surface area contributed by atoms with Crippen LogP contribution in [0.4, 0.5) is 5.00 Å². The van der Waals surface area contributed by atoms with Crippen LogP contribution in [0.5, 0.6) is 0 Å². The number of rotatable bonds is 1. The van der Waals surface area contributed by atoms with Gasteiger partial charge in [0.15, 0.2) is 0 Å². The predicted octanol–water partition coefficient (Wildman–Crippen LogP) is 1.58. The van der Waals surface area contributed by atoms with Crippen molar-refractivity contribution in [1.29, 1.82) is 0 Å². The highest BCUT2D eigenvalue weighted by Crippen LogP contribution is 2.31. The average Bonchev–Trinajstić information content (AvgIpc) is 2.55. The highest BCUT2D eigenvalue weighted by Gasteiger charge is 2.20. The van der Waals surface area contributed by atoms with Gasteiger partial charge in [-0.3, -0.25) is 0 Å². The summed E-state index contributed by atoms with van der Waals surface area (Å²) in [6.45, 7) is 0.865. The second-order valence-corrected chi connectivity index (χ2v) is 3.70. The third-order valence-electron chi connectivity index (χ3n) is 1.75. The fourth-order valence-corrected chi connectivity index (χ4v) is 1.99. The van der Waals surface area contributed by atoms with Crippen LogP contribution in [0.2, 0.25) is 0 Å². The maximum atomic E-state index is 5.55. The first kappa shape index (κ1) is 7.06. The number of nitrogens with zero attached hydrogens (tertiary/aromatic N) is 1. The van der Waals surface area contributed by atoms with E-state index in [1.165, 1.54) is 11.3 Å². The highest BCUT2D eigenvalue weighted by atomic mass is 32.1. The predicted molar refractivity (Wildman–Crippen MR) is 44.5 cm³/mol. The van der Waals surface area contributed by atoms with Crippen molar-refractivity contribution in [3.05, 3.63) is 11.2 Å². The van der Waals surface area contributed by atoms with E-state index in [1.807, 2.05) is 0 Å². The maximum Gasteiger partial charge on any atom is 0.123 e. The summed E-state index contributed by atoms with van der Waals surface area (Å²) in [6, 6.07) is 0. The second kappa shape index (κ2) is 2.79. The number of hydrogen-bond acceptors (Lipinski definition) is 4. The summed E-state index contributed by atoms with van der Waals surface area (Å²) in [7, 11) is 0. The molecule has 1 aliphatic rings. The van der Waals surface area contributed by atoms with Gasteiger partial charge in [-0.2, -0.15) is 0 Å². The van der Waals surface area contributed by atoms with Crippen molar-refractivity contribution in [1.82, 2.24) is 4.98 Å². The van der Waals surface area contributed by atoms with Gasteiger partial charge in [0, 0.05) is 6.61 Å². The van der Waals surface area contributed by atoms with E-state index in [1.54, 1.807) is 6.20 Å². The van der Waals surface area contributed by atoms with Crippen molar-refractivity contribution < 1.29 is 4.74 Å². The van der Waals surface area contributed by atoms with Crippen LogP contribution in [0.15, 0.2) is 6.20 Å². The summed E-state index contributed by atoms with van der Waals surface area (Å²) in [5.41, 5.74) is 5.55. The summed E-state index contributed by atoms with van der Waals surface area (Å²) in [5.74, 6) is 0. The smallest absolute Gasteiger partial charge is 0.123 e. The lowest BCUT2D eigenvalue weighted by atomic mass is 10.2. The summed E-state index contributed by atoms with van der Waals surface area (Å²) >= 11 is 1.53. The molecule has 1 aliphatic heterocycles. The largest absolute Gasteiger partial charge is 0.389 e. The van der Waals surface area contributed by atoms with Crippen molar-refractivity contribution in [2.75, 3.05) is 12.3 Å². The number of thiazole rings is 1. The minimum absolute atomic E-state index is 0.220. The molecular weight excluding hydrogens is 160 g/mol. The molecule has 0 aliphatic carbocycles. The number of aromatic nitrogens is 1. The van der Waals surface area contributed by atoms with E-state index in [0.717, 1.165) is 29.5 Å². The first-order valence-electron chi connectivity index (χ1n) is 3.69. The molecule has 2 rings (SSSR count). The van der Waals surface area contributed by atoms with Gasteiger partial charge in [0.1, 0.15) is 16.1 Å². The van der Waals surface area contributed by atoms with Gasteiger partial charge in [0.2, 0.25) is 0 Å². The van der Waals surface area contributed by atoms with E-state index in [-0.39, 0.29) is 6.10 Å². The van der Waals surface area contributed by atoms with E-state index < -0.39 is 0 Å². The topological polar surface area (TPSA) is 48.1 Å². The van der Waals surface area contributed by atoms with Crippen LogP contribution >= 0.6 is 11.3 Å². The minimum Gasteiger partial charge on any atom is -0.389 e. The maximum absolute atomic E-state index is 5.55. The molecule has 0 amide bonds. The molecule has 0 bridgehead atoms. The highest BCUT2D eigenvalue weighted by molar-refractivity contribution is 7.15. The molecule has 2 heterocycles. The SMILES string of the molecule is Nc1cnc(C2CCCO2)s1. The van der Waals surface area contributed by atoms with Gasteiger partial charge in [-0.15, -0.1) is 0 Å². The zero-order valence-electron chi connectivity index (χ0n) is 6.12. The molecule has 2 N–H and O–H groups in total. The van der Waals surface area contributed by atoms with Crippen LogP contribution in [-0.2, 0) is 4.74 Å². The lowest BCUT2D eigenvalue weighted by Gasteiger charge is -2.02. The van der Waals surface area contributed by atoms with E-state index in [4.69, 9.17) is 10.5 Å². The minimum atomic E-state index is 0.220. The van der Waals surface area contributed by atoms with Crippen LogP contribution in [0.1, 0.15) is 24.0 Å². The molecule has 0 spiro atoms. The Kier molecular flexibility index (Phi) is 1.79. The van der Waals surface area contributed by atoms with Crippen molar-refractivity contribution in [3.8, 4) is 0 Å². The molecule has 1 aromatic rings. The van der Waals surface area contributed by atoms with Crippen molar-refractivity contribution in [3.63, 3.8) is 0 Å². The molecular formula is C7H10N2OS. The molecule has 0 saturated carbocycles. The molecule has 60 valence electrons. The van der Waals surface area contributed by atoms with Gasteiger partial charge in [-0.1, -0.05) is 11.3 Å². The van der Waals surface area contributed by atoms with Gasteiger partial charge in [-0.05, 0) is 12.8 Å². The molecule has 1 unspecified atom stereocenters. The van der Waals surface area contributed by atoms with Crippen molar-refractivity contribution in [2.45, 2.75) is 18.9 Å². The van der Waals surface area contributed by atoms with E-state index in [0.29, 0.717) is 0 Å². The zero-order chi connectivity index (χ0) is 7.68. The molecule has 1 atom stereocenters. The Morgan fingerprint density at radius 3 is 3.18 bits per heavy atom. The van der Waals surface area contributed by atoms with E-state index in [2.05, 4.69) is 4.98 Å². The molecule has 1 saturated heterocycles. The average molecular weight is 170 g/mol. The fraction of sp³-hybridized carbons (Fsp3) is 0.571. The Labute approximate surface area is 69.2 Å². The third kappa shape index (κ3) is 1.36. The summed E-state index contributed by atoms with van der Waals surface area (Å²) in [5, 5.41) is 1.80. The summed E-state index contributed by atoms with van der Waals surface area (Å²) in [6.07, 6.45) is 4.15. The van der Waals surface area contributed by atoms with Crippen LogP contribution in [0.25, 0.3) is 0 Å². The Morgan fingerprint density at radius 1 is 1.73 bits per heavy atom. The lowest BCUT2D eigenvalue weighted by molar-refractivity contribution is 0.111. The standard InChI is InChI=1S/C7H10N2OS/c8-6-4-9-7(11-6)5-2-1-3-10-5/h4-5H,1-3,8H2. The van der Waals surface area contributed by atoms with Crippen LogP contribution in [0.3, 0.4) is 0 Å². The molecule has 3 nitrogen and oxygen atoms in total. The molecule has 0 radical (unpaired) electrons. The van der Waals surface area contributed by atoms with Gasteiger partial charge < -0.3 is 10.5 Å². The van der Waals surface area contributed by atoms with Crippen LogP contribution in [0, 0.1) is 0 Å². The molecule has 0 aromatic carbocycles. The third-order valence-corrected chi connectivity index (χ3v) is 2.67. The Hall–Kier alpha value is -0.610. The van der Waals surface area contributed by atoms with Crippen LogP contribution in [-0.4, -0.2) is 11.6 Å². The molecule has 11 heavy (non-hydrogen) atoms. The first-order chi connectivity index (χ1) is 5.36. The Balaban J connectivity index is 2.15. The number of nitrogen functional groups attached to an aromatic ring is 1. The Morgan fingerprint density at radius 2 is 2.64 bits per heavy atom. The van der Waals surface area contributed by atoms with Gasteiger partial charge in [0.25, 0.3) is 0 Å². The van der Waals surface area contributed by atoms with E-state index in [9.17, 15) is 0 Å². The number of anilines is 1. The first-order valence-corrected chi connectivity index (χ1v) is 4.51. The number of nitrogens with two attached hydrogens (primary N) is 1. The van der Waals surface area contributed by atoms with Crippen LogP contribution < -0.4 is 5.73 Å².